The van der Waals surface area contributed by atoms with Crippen molar-refractivity contribution < 1.29 is 41.9 Å². The van der Waals surface area contributed by atoms with E-state index >= 15 is 0 Å². The number of urea groups is 1. The molecule has 2 aromatic rings. The standard InChI is InChI=1S/C29H34F3N7O6/c1-18-17-44-13-10-38(18)27-34-23-15-37(24(40)16-36-8-11-43-12-9-36)14-22(23)25(35-27)19-2-4-20(5-3-19)33-28(42)39(21-6-7-21)45-26(41)29(30,31)32/h2-5,18,21H,6-17H2,1H3,(H,33,42). The highest BCUT2D eigenvalue weighted by atomic mass is 19.4. The molecule has 3 fully saturated rings. The van der Waals surface area contributed by atoms with E-state index in [2.05, 4.69) is 20.0 Å². The van der Waals surface area contributed by atoms with Crippen LogP contribution in [0.2, 0.25) is 0 Å². The number of hydrogen-bond donors (Lipinski definition) is 1. The smallest absolute Gasteiger partial charge is 0.379 e. The lowest BCUT2D eigenvalue weighted by molar-refractivity contribution is -0.228. The Bertz CT molecular complexity index is 1430. The molecular formula is C29H34F3N7O6. The summed E-state index contributed by atoms with van der Waals surface area (Å²) in [6.07, 6.45) is -4.38. The molecular weight excluding hydrogens is 599 g/mol. The number of amides is 3. The molecule has 16 heteroatoms. The van der Waals surface area contributed by atoms with Crippen LogP contribution in [0.15, 0.2) is 24.3 Å². The van der Waals surface area contributed by atoms with Gasteiger partial charge in [0.15, 0.2) is 0 Å². The maximum Gasteiger partial charge on any atom is 0.493 e. The second-order valence-electron chi connectivity index (χ2n) is 11.5. The zero-order valence-electron chi connectivity index (χ0n) is 24.7. The molecule has 3 amide bonds. The van der Waals surface area contributed by atoms with E-state index in [4.69, 9.17) is 19.4 Å². The van der Waals surface area contributed by atoms with E-state index in [-0.39, 0.29) is 24.2 Å². The average molecular weight is 634 g/mol. The topological polar surface area (TPSA) is 130 Å². The Labute approximate surface area is 257 Å². The van der Waals surface area contributed by atoms with Gasteiger partial charge in [0.1, 0.15) is 0 Å². The summed E-state index contributed by atoms with van der Waals surface area (Å²) in [4.78, 5) is 57.5. The van der Waals surface area contributed by atoms with E-state index < -0.39 is 24.2 Å². The molecule has 6 rings (SSSR count). The molecule has 1 aromatic heterocycles. The van der Waals surface area contributed by atoms with Crippen molar-refractivity contribution in [2.45, 2.75) is 51.1 Å². The highest BCUT2D eigenvalue weighted by Gasteiger charge is 2.46. The van der Waals surface area contributed by atoms with Gasteiger partial charge in [-0.25, -0.2) is 19.6 Å². The molecule has 0 radical (unpaired) electrons. The van der Waals surface area contributed by atoms with Gasteiger partial charge in [-0.05, 0) is 31.9 Å². The summed E-state index contributed by atoms with van der Waals surface area (Å²) in [7, 11) is 0. The van der Waals surface area contributed by atoms with Gasteiger partial charge >= 0.3 is 18.2 Å². The van der Waals surface area contributed by atoms with E-state index in [1.807, 2.05) is 6.92 Å². The van der Waals surface area contributed by atoms with E-state index in [0.717, 1.165) is 11.3 Å². The number of carbonyl (C=O) groups is 3. The molecule has 3 aliphatic heterocycles. The molecule has 13 nitrogen and oxygen atoms in total. The van der Waals surface area contributed by atoms with Crippen LogP contribution in [0.25, 0.3) is 11.3 Å². The van der Waals surface area contributed by atoms with Gasteiger partial charge in [-0.1, -0.05) is 12.1 Å². The minimum atomic E-state index is -5.23. The Morgan fingerprint density at radius 1 is 1.02 bits per heavy atom. The fourth-order valence-corrected chi connectivity index (χ4v) is 5.48. The van der Waals surface area contributed by atoms with Crippen LogP contribution in [0.1, 0.15) is 31.0 Å². The second-order valence-corrected chi connectivity index (χ2v) is 11.5. The van der Waals surface area contributed by atoms with Crippen molar-refractivity contribution >= 4 is 29.5 Å². The predicted molar refractivity (Wildman–Crippen MR) is 153 cm³/mol. The molecule has 242 valence electrons. The van der Waals surface area contributed by atoms with Gasteiger partial charge in [0.05, 0.1) is 69.5 Å². The minimum absolute atomic E-state index is 0.00774. The highest BCUT2D eigenvalue weighted by Crippen LogP contribution is 2.34. The van der Waals surface area contributed by atoms with Gasteiger partial charge in [-0.2, -0.15) is 13.2 Å². The van der Waals surface area contributed by atoms with Gasteiger partial charge in [0.2, 0.25) is 11.9 Å². The molecule has 1 N–H and O–H groups in total. The Morgan fingerprint density at radius 2 is 1.73 bits per heavy atom. The molecule has 45 heavy (non-hydrogen) atoms. The van der Waals surface area contributed by atoms with Crippen molar-refractivity contribution in [1.82, 2.24) is 24.8 Å². The lowest BCUT2D eigenvalue weighted by Crippen LogP contribution is -2.44. The molecule has 1 aromatic carbocycles. The lowest BCUT2D eigenvalue weighted by Gasteiger charge is -2.33. The number of hydrogen-bond acceptors (Lipinski definition) is 10. The number of alkyl halides is 3. The van der Waals surface area contributed by atoms with Gasteiger partial charge in [0.25, 0.3) is 0 Å². The molecule has 0 spiro atoms. The zero-order chi connectivity index (χ0) is 31.7. The van der Waals surface area contributed by atoms with Crippen LogP contribution < -0.4 is 10.2 Å². The van der Waals surface area contributed by atoms with Crippen LogP contribution in [-0.2, 0) is 37.0 Å². The predicted octanol–water partition coefficient (Wildman–Crippen LogP) is 2.56. The van der Waals surface area contributed by atoms with Gasteiger partial charge < -0.3 is 29.4 Å². The average Bonchev–Trinajstić information content (AvgIpc) is 3.77. The first-order chi connectivity index (χ1) is 21.6. The highest BCUT2D eigenvalue weighted by molar-refractivity contribution is 5.90. The number of aromatic nitrogens is 2. The van der Waals surface area contributed by atoms with Crippen LogP contribution in [0.3, 0.4) is 0 Å². The van der Waals surface area contributed by atoms with Crippen molar-refractivity contribution in [1.29, 1.82) is 0 Å². The summed E-state index contributed by atoms with van der Waals surface area (Å²) in [5.41, 5.74) is 3.22. The fraction of sp³-hybridized carbons (Fsp3) is 0.552. The van der Waals surface area contributed by atoms with Crippen LogP contribution >= 0.6 is 0 Å². The van der Waals surface area contributed by atoms with Crippen molar-refractivity contribution in [2.75, 3.05) is 62.8 Å². The van der Waals surface area contributed by atoms with E-state index in [0.29, 0.717) is 94.3 Å². The Morgan fingerprint density at radius 3 is 2.40 bits per heavy atom. The second kappa shape index (κ2) is 12.8. The third-order valence-electron chi connectivity index (χ3n) is 8.11. The van der Waals surface area contributed by atoms with Crippen LogP contribution in [0.4, 0.5) is 29.6 Å². The molecule has 2 saturated heterocycles. The van der Waals surface area contributed by atoms with Crippen LogP contribution in [-0.4, -0.2) is 114 Å². The first-order valence-corrected chi connectivity index (χ1v) is 14.9. The maximum atomic E-state index is 13.3. The Kier molecular flexibility index (Phi) is 8.79. The number of ether oxygens (including phenoxy) is 2. The number of hydroxylamine groups is 2. The maximum absolute atomic E-state index is 13.3. The largest absolute Gasteiger partial charge is 0.493 e. The number of rotatable bonds is 6. The molecule has 1 aliphatic carbocycles. The quantitative estimate of drug-likeness (QED) is 0.474. The number of halogens is 3. The number of nitrogens with one attached hydrogen (secondary N) is 1. The number of fused-ring (bicyclic) bond motifs is 1. The van der Waals surface area contributed by atoms with Crippen molar-refractivity contribution in [2.24, 2.45) is 0 Å². The third-order valence-corrected chi connectivity index (χ3v) is 8.11. The summed E-state index contributed by atoms with van der Waals surface area (Å²) in [5, 5.41) is 2.95. The number of carbonyl (C=O) groups excluding carboxylic acids is 3. The zero-order valence-corrected chi connectivity index (χ0v) is 24.7. The number of morpholine rings is 2. The van der Waals surface area contributed by atoms with E-state index in [1.54, 1.807) is 29.2 Å². The molecule has 4 aliphatic rings. The molecule has 1 unspecified atom stereocenters. The van der Waals surface area contributed by atoms with E-state index in [1.165, 1.54) is 0 Å². The lowest BCUT2D eigenvalue weighted by atomic mass is 10.1. The van der Waals surface area contributed by atoms with Gasteiger partial charge in [0, 0.05) is 36.4 Å². The van der Waals surface area contributed by atoms with E-state index in [9.17, 15) is 27.6 Å². The number of nitrogens with zero attached hydrogens (tertiary/aromatic N) is 6. The fourth-order valence-electron chi connectivity index (χ4n) is 5.48. The number of anilines is 2. The Hall–Kier alpha value is -4.02. The summed E-state index contributed by atoms with van der Waals surface area (Å²) in [6.45, 7) is 7.27. The van der Waals surface area contributed by atoms with Crippen molar-refractivity contribution in [3.63, 3.8) is 0 Å². The number of benzene rings is 1. The third kappa shape index (κ3) is 7.12. The van der Waals surface area contributed by atoms with Gasteiger partial charge in [-0.3, -0.25) is 9.69 Å². The van der Waals surface area contributed by atoms with Gasteiger partial charge in [-0.15, -0.1) is 5.06 Å². The van der Waals surface area contributed by atoms with Crippen molar-refractivity contribution in [3.8, 4) is 11.3 Å². The Balaban J connectivity index is 1.22. The summed E-state index contributed by atoms with van der Waals surface area (Å²) in [6, 6.07) is 5.08. The summed E-state index contributed by atoms with van der Waals surface area (Å²) in [5.74, 6) is -1.93. The minimum Gasteiger partial charge on any atom is -0.379 e. The first-order valence-electron chi connectivity index (χ1n) is 14.9. The molecule has 1 atom stereocenters. The van der Waals surface area contributed by atoms with Crippen LogP contribution in [0.5, 0.6) is 0 Å². The molecule has 4 heterocycles. The molecule has 0 bridgehead atoms. The molecule has 1 saturated carbocycles. The summed E-state index contributed by atoms with van der Waals surface area (Å²) >= 11 is 0. The van der Waals surface area contributed by atoms with Crippen LogP contribution in [0, 0.1) is 0 Å². The normalized spacial score (nSPS) is 20.5. The SMILES string of the molecule is CC1COCCN1c1nc2c(c(-c3ccc(NC(=O)N(OC(=O)C(F)(F)F)C4CC4)cc3)n1)CN(C(=O)CN1CCOCC1)C2. The summed E-state index contributed by atoms with van der Waals surface area (Å²) < 4.78 is 49.2. The van der Waals surface area contributed by atoms with Crippen molar-refractivity contribution in [3.05, 3.63) is 35.5 Å². The monoisotopic (exact) mass is 633 g/mol. The first kappa shape index (κ1) is 31.0.